The van der Waals surface area contributed by atoms with E-state index < -0.39 is 91.1 Å². The van der Waals surface area contributed by atoms with Crippen LogP contribution in [0, 0.1) is 0 Å². The third-order valence-corrected chi connectivity index (χ3v) is 6.74. The quantitative estimate of drug-likeness (QED) is 0.0575. The molecule has 0 saturated heterocycles. The number of fused-ring (bicyclic) bond motifs is 1. The third-order valence-electron chi connectivity index (χ3n) is 6.74. The molecular formula is C29H33N9O12. The molecule has 3 aromatic rings. The third kappa shape index (κ3) is 11.7. The lowest BCUT2D eigenvalue weighted by Gasteiger charge is -2.17. The number of ether oxygens (including phenoxy) is 2. The van der Waals surface area contributed by atoms with Crippen molar-refractivity contribution in [3.63, 3.8) is 0 Å². The van der Waals surface area contributed by atoms with Crippen LogP contribution in [0.15, 0.2) is 35.3 Å². The molecule has 0 unspecified atom stereocenters. The number of carbonyl (C=O) groups is 7. The average Bonchev–Trinajstić information content (AvgIpc) is 3.06. The van der Waals surface area contributed by atoms with Gasteiger partial charge < -0.3 is 52.5 Å². The number of nitrogens with zero attached hydrogens (tertiary/aromatic N) is 3. The van der Waals surface area contributed by atoms with Crippen molar-refractivity contribution in [1.82, 2.24) is 25.3 Å². The van der Waals surface area contributed by atoms with Gasteiger partial charge in [-0.25, -0.2) is 14.8 Å². The molecule has 0 aliphatic carbocycles. The summed E-state index contributed by atoms with van der Waals surface area (Å²) in [5.41, 5.74) is 16.6. The monoisotopic (exact) mass is 699 g/mol. The average molecular weight is 700 g/mol. The maximum absolute atomic E-state index is 13.0. The van der Waals surface area contributed by atoms with Crippen LogP contribution in [-0.4, -0.2) is 90.0 Å². The number of H-pyrrole nitrogens is 1. The first-order chi connectivity index (χ1) is 23.6. The molecule has 0 bridgehead atoms. The molecule has 1 amide bonds. The standard InChI is InChI=1S/C29H33N9O12/c30-16(26(44)45)5-8-19(39)49-20(40)10-7-18(28(48)50-21(41)9-6-17(31)27(46)47)36-24(42)13-1-3-14(4-2-13)33-11-15-12-34-23-22(35-15)25(43)38-29(32)37-23/h1-4,12,16-18,33H,5-11,30-31H2,(H,36,42)(H,44,45)(H,46,47)(H3,32,34,37,38,43)/t16-,17-,18-/m0/s1. The van der Waals surface area contributed by atoms with Gasteiger partial charge in [-0.1, -0.05) is 0 Å². The van der Waals surface area contributed by atoms with Gasteiger partial charge >= 0.3 is 41.4 Å². The highest BCUT2D eigenvalue weighted by molar-refractivity contribution is 5.98. The van der Waals surface area contributed by atoms with E-state index >= 15 is 0 Å². The van der Waals surface area contributed by atoms with Crippen LogP contribution in [0.5, 0.6) is 0 Å². The molecule has 0 radical (unpaired) electrons. The van der Waals surface area contributed by atoms with Crippen molar-refractivity contribution in [2.45, 2.75) is 63.2 Å². The molecule has 50 heavy (non-hydrogen) atoms. The Bertz CT molecular complexity index is 1830. The fourth-order valence-electron chi connectivity index (χ4n) is 4.00. The van der Waals surface area contributed by atoms with Crippen LogP contribution in [0.3, 0.4) is 0 Å². The van der Waals surface area contributed by atoms with Crippen LogP contribution in [0.1, 0.15) is 54.6 Å². The SMILES string of the molecule is Nc1nc(=O)c2nc(CNc3ccc(C(=O)N[C@@H](CCC(=O)OC(=O)CC[C@H](N)C(=O)O)C(=O)OC(=O)CC[C@H](N)C(=O)O)cc3)cnc2[nH]1. The summed E-state index contributed by atoms with van der Waals surface area (Å²) in [5, 5.41) is 23.1. The highest BCUT2D eigenvalue weighted by Crippen LogP contribution is 2.13. The number of amides is 1. The Balaban J connectivity index is 1.63. The molecule has 3 atom stereocenters. The van der Waals surface area contributed by atoms with E-state index in [-0.39, 0.29) is 42.1 Å². The van der Waals surface area contributed by atoms with Crippen molar-refractivity contribution in [1.29, 1.82) is 0 Å². The summed E-state index contributed by atoms with van der Waals surface area (Å²) in [6.45, 7) is 0.128. The number of hydrogen-bond acceptors (Lipinski definition) is 17. The van der Waals surface area contributed by atoms with E-state index in [1.54, 1.807) is 0 Å². The van der Waals surface area contributed by atoms with Gasteiger partial charge in [-0.15, -0.1) is 0 Å². The molecule has 21 heteroatoms. The lowest BCUT2D eigenvalue weighted by Crippen LogP contribution is -2.43. The first-order valence-electron chi connectivity index (χ1n) is 14.7. The smallest absolute Gasteiger partial charge is 0.336 e. The van der Waals surface area contributed by atoms with Gasteiger partial charge in [0.15, 0.2) is 11.2 Å². The van der Waals surface area contributed by atoms with Crippen molar-refractivity contribution in [2.24, 2.45) is 11.5 Å². The summed E-state index contributed by atoms with van der Waals surface area (Å²) in [6, 6.07) is 1.43. The molecule has 0 spiro atoms. The Morgan fingerprint density at radius 1 is 0.820 bits per heavy atom. The number of anilines is 2. The molecule has 0 aliphatic rings. The normalized spacial score (nSPS) is 12.6. The van der Waals surface area contributed by atoms with Gasteiger partial charge in [0.25, 0.3) is 5.91 Å². The molecule has 0 saturated carbocycles. The number of hydrogen-bond donors (Lipinski definition) is 8. The minimum Gasteiger partial charge on any atom is -0.480 e. The summed E-state index contributed by atoms with van der Waals surface area (Å²) in [6.07, 6.45) is -1.39. The number of aliphatic carboxylic acids is 2. The van der Waals surface area contributed by atoms with Crippen LogP contribution in [-0.2, 0) is 44.8 Å². The fourth-order valence-corrected chi connectivity index (χ4v) is 4.00. The molecule has 3 rings (SSSR count). The van der Waals surface area contributed by atoms with Gasteiger partial charge in [-0.3, -0.25) is 33.6 Å². The molecular weight excluding hydrogens is 666 g/mol. The maximum Gasteiger partial charge on any atom is 0.336 e. The Hall–Kier alpha value is -6.35. The number of esters is 4. The molecule has 0 aliphatic heterocycles. The van der Waals surface area contributed by atoms with Crippen molar-refractivity contribution in [2.75, 3.05) is 11.1 Å². The second-order valence-electron chi connectivity index (χ2n) is 10.6. The molecule has 266 valence electrons. The first kappa shape index (κ1) is 38.1. The first-order valence-corrected chi connectivity index (χ1v) is 14.7. The summed E-state index contributed by atoms with van der Waals surface area (Å²) in [7, 11) is 0. The second-order valence-corrected chi connectivity index (χ2v) is 10.6. The number of nitrogens with two attached hydrogens (primary N) is 3. The van der Waals surface area contributed by atoms with Crippen molar-refractivity contribution in [3.8, 4) is 0 Å². The molecule has 21 nitrogen and oxygen atoms in total. The Morgan fingerprint density at radius 2 is 1.38 bits per heavy atom. The number of aromatic nitrogens is 4. The van der Waals surface area contributed by atoms with Gasteiger partial charge in [0.05, 0.1) is 18.4 Å². The Labute approximate surface area is 280 Å². The van der Waals surface area contributed by atoms with Crippen molar-refractivity contribution in [3.05, 3.63) is 52.1 Å². The maximum atomic E-state index is 13.0. The van der Waals surface area contributed by atoms with E-state index in [0.29, 0.717) is 11.4 Å². The zero-order valence-electron chi connectivity index (χ0n) is 26.1. The minimum absolute atomic E-state index is 0.00975. The van der Waals surface area contributed by atoms with Crippen LogP contribution in [0.4, 0.5) is 11.6 Å². The van der Waals surface area contributed by atoms with Crippen molar-refractivity contribution < 1.29 is 53.2 Å². The Morgan fingerprint density at radius 3 is 1.96 bits per heavy atom. The number of rotatable bonds is 17. The highest BCUT2D eigenvalue weighted by atomic mass is 16.6. The number of carboxylic acids is 2. The minimum atomic E-state index is -1.61. The summed E-state index contributed by atoms with van der Waals surface area (Å²) >= 11 is 0. The predicted molar refractivity (Wildman–Crippen MR) is 169 cm³/mol. The van der Waals surface area contributed by atoms with E-state index in [2.05, 4.69) is 35.3 Å². The summed E-state index contributed by atoms with van der Waals surface area (Å²) in [4.78, 5) is 110. The molecule has 2 heterocycles. The predicted octanol–water partition coefficient (Wildman–Crippen LogP) is -1.69. The van der Waals surface area contributed by atoms with E-state index in [1.165, 1.54) is 30.5 Å². The van der Waals surface area contributed by atoms with Crippen LogP contribution in [0.25, 0.3) is 11.2 Å². The lowest BCUT2D eigenvalue weighted by molar-refractivity contribution is -0.161. The largest absolute Gasteiger partial charge is 0.480 e. The van der Waals surface area contributed by atoms with Gasteiger partial charge in [0, 0.05) is 30.5 Å². The van der Waals surface area contributed by atoms with E-state index in [1.807, 2.05) is 0 Å². The van der Waals surface area contributed by atoms with Gasteiger partial charge in [0.2, 0.25) is 5.95 Å². The number of carboxylic acid groups (broad SMARTS) is 2. The number of nitrogen functional groups attached to an aromatic ring is 1. The summed E-state index contributed by atoms with van der Waals surface area (Å²) in [5.74, 6) is -8.29. The van der Waals surface area contributed by atoms with Crippen LogP contribution in [0.2, 0.25) is 0 Å². The van der Waals surface area contributed by atoms with Crippen molar-refractivity contribution >= 4 is 64.5 Å². The number of nitrogens with one attached hydrogen (secondary N) is 3. The molecule has 0 fully saturated rings. The zero-order chi connectivity index (χ0) is 37.0. The fraction of sp³-hybridized carbons (Fsp3) is 0.345. The number of aromatic amines is 1. The van der Waals surface area contributed by atoms with Gasteiger partial charge in [-0.2, -0.15) is 4.98 Å². The van der Waals surface area contributed by atoms with E-state index in [0.717, 1.165) is 0 Å². The molecule has 2 aromatic heterocycles. The van der Waals surface area contributed by atoms with Gasteiger partial charge in [-0.05, 0) is 43.5 Å². The van der Waals surface area contributed by atoms with E-state index in [4.69, 9.17) is 32.2 Å². The topological polar surface area (TPSA) is 352 Å². The number of carbonyl (C=O) groups excluding carboxylic acids is 5. The van der Waals surface area contributed by atoms with Crippen LogP contribution < -0.4 is 33.4 Å². The highest BCUT2D eigenvalue weighted by Gasteiger charge is 2.27. The van der Waals surface area contributed by atoms with Crippen LogP contribution >= 0.6 is 0 Å². The molecule has 1 aromatic carbocycles. The number of benzene rings is 1. The molecule has 11 N–H and O–H groups in total. The second kappa shape index (κ2) is 17.7. The Kier molecular flexibility index (Phi) is 13.5. The van der Waals surface area contributed by atoms with Gasteiger partial charge in [0.1, 0.15) is 18.1 Å². The lowest BCUT2D eigenvalue weighted by atomic mass is 10.1. The summed E-state index contributed by atoms with van der Waals surface area (Å²) < 4.78 is 9.33. The zero-order valence-corrected chi connectivity index (χ0v) is 26.1. The van der Waals surface area contributed by atoms with E-state index in [9.17, 15) is 38.4 Å².